The number of amides is 1. The molecule has 5 nitrogen and oxygen atoms in total. The van der Waals surface area contributed by atoms with E-state index in [4.69, 9.17) is 11.6 Å². The Morgan fingerprint density at radius 1 is 1.18 bits per heavy atom. The molecule has 22 heavy (non-hydrogen) atoms. The topological polar surface area (TPSA) is 75.3 Å². The summed E-state index contributed by atoms with van der Waals surface area (Å²) in [6, 6.07) is 11.0. The Hall–Kier alpha value is -1.41. The van der Waals surface area contributed by atoms with Crippen LogP contribution in [0, 0.1) is 0 Å². The molecule has 0 aromatic heterocycles. The maximum absolute atomic E-state index is 12.3. The Morgan fingerprint density at radius 3 is 2.55 bits per heavy atom. The summed E-state index contributed by atoms with van der Waals surface area (Å²) in [5.41, 5.74) is 0.648. The minimum Gasteiger partial charge on any atom is -0.322 e. The van der Waals surface area contributed by atoms with E-state index in [9.17, 15) is 13.2 Å². The van der Waals surface area contributed by atoms with E-state index in [-0.39, 0.29) is 15.5 Å². The van der Waals surface area contributed by atoms with Crippen molar-refractivity contribution in [2.24, 2.45) is 0 Å². The summed E-state index contributed by atoms with van der Waals surface area (Å²) in [5, 5.41) is 2.84. The quantitative estimate of drug-likeness (QED) is 0.823. The van der Waals surface area contributed by atoms with E-state index < -0.39 is 15.9 Å². The Labute approximate surface area is 141 Å². The first-order valence-electron chi connectivity index (χ1n) is 6.13. The molecular weight excluding hydrogens is 392 g/mol. The van der Waals surface area contributed by atoms with Crippen molar-refractivity contribution in [3.63, 3.8) is 0 Å². The highest BCUT2D eigenvalue weighted by molar-refractivity contribution is 9.10. The van der Waals surface area contributed by atoms with Gasteiger partial charge in [-0.25, -0.2) is 13.1 Å². The molecule has 2 N–H and O–H groups in total. The fourth-order valence-electron chi connectivity index (χ4n) is 1.73. The van der Waals surface area contributed by atoms with Gasteiger partial charge in [-0.2, -0.15) is 0 Å². The average molecular weight is 404 g/mol. The molecule has 2 aromatic carbocycles. The molecule has 116 valence electrons. The summed E-state index contributed by atoms with van der Waals surface area (Å²) in [6.45, 7) is 0. The van der Waals surface area contributed by atoms with Crippen LogP contribution in [0.2, 0.25) is 5.02 Å². The van der Waals surface area contributed by atoms with Crippen molar-refractivity contribution in [2.75, 3.05) is 12.4 Å². The van der Waals surface area contributed by atoms with E-state index in [1.165, 1.54) is 25.2 Å². The van der Waals surface area contributed by atoms with Crippen LogP contribution in [0.5, 0.6) is 0 Å². The van der Waals surface area contributed by atoms with Gasteiger partial charge in [0.05, 0.1) is 15.5 Å². The third-order valence-electron chi connectivity index (χ3n) is 2.84. The van der Waals surface area contributed by atoms with Gasteiger partial charge in [-0.1, -0.05) is 33.6 Å². The van der Waals surface area contributed by atoms with Crippen molar-refractivity contribution in [3.8, 4) is 0 Å². The van der Waals surface area contributed by atoms with Crippen LogP contribution in [-0.4, -0.2) is 21.4 Å². The Balaban J connectivity index is 2.35. The second-order valence-electron chi connectivity index (χ2n) is 4.31. The number of nitrogens with one attached hydrogen (secondary N) is 2. The fraction of sp³-hybridized carbons (Fsp3) is 0.0714. The highest BCUT2D eigenvalue weighted by Crippen LogP contribution is 2.22. The molecular formula is C14H12BrClN2O3S. The van der Waals surface area contributed by atoms with Gasteiger partial charge in [-0.15, -0.1) is 0 Å². The number of anilines is 1. The molecule has 0 aliphatic carbocycles. The fourth-order valence-corrected chi connectivity index (χ4v) is 3.09. The number of sulfonamides is 1. The molecule has 0 radical (unpaired) electrons. The summed E-state index contributed by atoms with van der Waals surface area (Å²) < 4.78 is 26.6. The molecule has 0 saturated heterocycles. The number of halogens is 2. The molecule has 0 fully saturated rings. The Morgan fingerprint density at radius 2 is 1.91 bits per heavy atom. The molecule has 0 atom stereocenters. The lowest BCUT2D eigenvalue weighted by atomic mass is 10.2. The third kappa shape index (κ3) is 3.86. The first-order valence-corrected chi connectivity index (χ1v) is 8.79. The molecule has 1 amide bonds. The first-order chi connectivity index (χ1) is 10.3. The Kier molecular flexibility index (Phi) is 5.23. The smallest absolute Gasteiger partial charge is 0.257 e. The summed E-state index contributed by atoms with van der Waals surface area (Å²) in [7, 11) is -2.35. The largest absolute Gasteiger partial charge is 0.322 e. The van der Waals surface area contributed by atoms with Gasteiger partial charge in [-0.3, -0.25) is 4.79 Å². The molecule has 0 heterocycles. The van der Waals surface area contributed by atoms with Crippen LogP contribution in [-0.2, 0) is 10.0 Å². The lowest BCUT2D eigenvalue weighted by Gasteiger charge is -2.09. The maximum Gasteiger partial charge on any atom is 0.257 e. The van der Waals surface area contributed by atoms with Gasteiger partial charge >= 0.3 is 0 Å². The van der Waals surface area contributed by atoms with Crippen LogP contribution in [0.15, 0.2) is 51.8 Å². The molecule has 0 unspecified atom stereocenters. The third-order valence-corrected chi connectivity index (χ3v) is 5.08. The minimum absolute atomic E-state index is 0.0289. The molecule has 2 aromatic rings. The van der Waals surface area contributed by atoms with Gasteiger partial charge < -0.3 is 5.32 Å². The lowest BCUT2D eigenvalue weighted by molar-refractivity contribution is 0.102. The van der Waals surface area contributed by atoms with Gasteiger partial charge in [0.2, 0.25) is 10.0 Å². The van der Waals surface area contributed by atoms with Crippen molar-refractivity contribution < 1.29 is 13.2 Å². The van der Waals surface area contributed by atoms with Crippen LogP contribution in [0.25, 0.3) is 0 Å². The van der Waals surface area contributed by atoms with E-state index in [2.05, 4.69) is 26.0 Å². The van der Waals surface area contributed by atoms with Gasteiger partial charge in [0.1, 0.15) is 0 Å². The van der Waals surface area contributed by atoms with Crippen molar-refractivity contribution in [2.45, 2.75) is 4.90 Å². The predicted octanol–water partition coefficient (Wildman–Crippen LogP) is 3.26. The van der Waals surface area contributed by atoms with Gasteiger partial charge in [0, 0.05) is 10.2 Å². The SMILES string of the molecule is CNS(=O)(=O)c1ccc(Cl)c(C(=O)Nc2cccc(Br)c2)c1. The minimum atomic E-state index is -3.65. The zero-order valence-electron chi connectivity index (χ0n) is 11.4. The molecule has 8 heteroatoms. The highest BCUT2D eigenvalue weighted by atomic mass is 79.9. The van der Waals surface area contributed by atoms with Gasteiger partial charge in [0.25, 0.3) is 5.91 Å². The highest BCUT2D eigenvalue weighted by Gasteiger charge is 2.17. The second-order valence-corrected chi connectivity index (χ2v) is 7.52. The normalized spacial score (nSPS) is 11.2. The summed E-state index contributed by atoms with van der Waals surface area (Å²) in [5.74, 6) is -0.490. The number of hydrogen-bond acceptors (Lipinski definition) is 3. The summed E-state index contributed by atoms with van der Waals surface area (Å²) in [6.07, 6.45) is 0. The molecule has 0 aliphatic rings. The van der Waals surface area contributed by atoms with Crippen molar-refractivity contribution in [1.82, 2.24) is 4.72 Å². The van der Waals surface area contributed by atoms with Gasteiger partial charge in [0.15, 0.2) is 0 Å². The number of benzene rings is 2. The maximum atomic E-state index is 12.3. The van der Waals surface area contributed by atoms with E-state index in [0.29, 0.717) is 5.69 Å². The van der Waals surface area contributed by atoms with Crippen molar-refractivity contribution in [1.29, 1.82) is 0 Å². The Bertz CT molecular complexity index is 825. The molecule has 0 bridgehead atoms. The van der Waals surface area contributed by atoms with E-state index in [1.54, 1.807) is 18.2 Å². The van der Waals surface area contributed by atoms with Gasteiger partial charge in [-0.05, 0) is 43.4 Å². The van der Waals surface area contributed by atoms with Crippen LogP contribution >= 0.6 is 27.5 Å². The van der Waals surface area contributed by atoms with Crippen LogP contribution in [0.1, 0.15) is 10.4 Å². The number of carbonyl (C=O) groups excluding carboxylic acids is 1. The monoisotopic (exact) mass is 402 g/mol. The molecule has 0 spiro atoms. The van der Waals surface area contributed by atoms with Crippen LogP contribution in [0.3, 0.4) is 0 Å². The average Bonchev–Trinajstić information content (AvgIpc) is 2.47. The van der Waals surface area contributed by atoms with E-state index in [0.717, 1.165) is 4.47 Å². The molecule has 2 rings (SSSR count). The number of rotatable bonds is 4. The standard InChI is InChI=1S/C14H12BrClN2O3S/c1-17-22(20,21)11-5-6-13(16)12(8-11)14(19)18-10-4-2-3-9(15)7-10/h2-8,17H,1H3,(H,18,19). The van der Waals surface area contributed by atoms with Crippen molar-refractivity contribution in [3.05, 3.63) is 57.5 Å². The molecule has 0 aliphatic heterocycles. The zero-order valence-corrected chi connectivity index (χ0v) is 14.6. The number of hydrogen-bond donors (Lipinski definition) is 2. The lowest BCUT2D eigenvalue weighted by Crippen LogP contribution is -2.20. The summed E-state index contributed by atoms with van der Waals surface area (Å²) in [4.78, 5) is 12.3. The zero-order chi connectivity index (χ0) is 16.3. The van der Waals surface area contributed by atoms with E-state index in [1.807, 2.05) is 6.07 Å². The first kappa shape index (κ1) is 17.0. The second kappa shape index (κ2) is 6.78. The predicted molar refractivity (Wildman–Crippen MR) is 89.8 cm³/mol. The summed E-state index contributed by atoms with van der Waals surface area (Å²) >= 11 is 9.30. The van der Waals surface area contributed by atoms with Crippen LogP contribution in [0.4, 0.5) is 5.69 Å². The number of carbonyl (C=O) groups is 1. The van der Waals surface area contributed by atoms with Crippen LogP contribution < -0.4 is 10.0 Å². The molecule has 0 saturated carbocycles. The van der Waals surface area contributed by atoms with E-state index >= 15 is 0 Å². The van der Waals surface area contributed by atoms with Crippen molar-refractivity contribution >= 4 is 49.1 Å².